The van der Waals surface area contributed by atoms with Crippen molar-refractivity contribution in [3.63, 3.8) is 0 Å². The van der Waals surface area contributed by atoms with Gasteiger partial charge in [-0.1, -0.05) is 25.9 Å². The number of nitrogens with zero attached hydrogens (tertiary/aromatic N) is 1. The number of oxime groups is 1. The summed E-state index contributed by atoms with van der Waals surface area (Å²) in [5.74, 6) is -1.31. The van der Waals surface area contributed by atoms with Crippen molar-refractivity contribution in [2.24, 2.45) is 10.6 Å². The Morgan fingerprint density at radius 1 is 1.22 bits per heavy atom. The maximum absolute atomic E-state index is 12.9. The molecule has 0 aliphatic rings. The molecule has 1 aromatic rings. The Hall–Kier alpha value is -1.49. The van der Waals surface area contributed by atoms with Crippen molar-refractivity contribution < 1.29 is 18.7 Å². The van der Waals surface area contributed by atoms with E-state index in [9.17, 15) is 8.78 Å². The molecule has 100 valence electrons. The zero-order valence-corrected chi connectivity index (χ0v) is 10.7. The van der Waals surface area contributed by atoms with E-state index in [-0.39, 0.29) is 18.6 Å². The van der Waals surface area contributed by atoms with Crippen LogP contribution in [0.5, 0.6) is 0 Å². The van der Waals surface area contributed by atoms with Crippen molar-refractivity contribution in [2.75, 3.05) is 6.61 Å². The number of halogens is 2. The molecule has 5 heteroatoms. The highest BCUT2D eigenvalue weighted by atomic mass is 19.1. The van der Waals surface area contributed by atoms with Crippen LogP contribution in [-0.4, -0.2) is 17.4 Å². The highest BCUT2D eigenvalue weighted by molar-refractivity contribution is 5.89. The first-order valence-electron chi connectivity index (χ1n) is 5.58. The lowest BCUT2D eigenvalue weighted by atomic mass is 9.91. The molecule has 1 rings (SSSR count). The van der Waals surface area contributed by atoms with E-state index in [0.717, 1.165) is 6.07 Å². The summed E-state index contributed by atoms with van der Waals surface area (Å²) in [6, 6.07) is 3.14. The van der Waals surface area contributed by atoms with Crippen molar-refractivity contribution >= 4 is 5.71 Å². The normalized spacial score (nSPS) is 12.7. The summed E-state index contributed by atoms with van der Waals surface area (Å²) in [6.45, 7) is 5.38. The number of benzene rings is 1. The Balaban J connectivity index is 2.68. The van der Waals surface area contributed by atoms with Gasteiger partial charge in [0.1, 0.15) is 18.2 Å². The Morgan fingerprint density at radius 2 is 1.78 bits per heavy atom. The van der Waals surface area contributed by atoms with E-state index in [1.165, 1.54) is 12.1 Å². The van der Waals surface area contributed by atoms with E-state index < -0.39 is 11.6 Å². The molecule has 0 atom stereocenters. The number of aliphatic hydroxyl groups is 1. The predicted octanol–water partition coefficient (Wildman–Crippen LogP) is 2.88. The second kappa shape index (κ2) is 5.91. The molecule has 3 nitrogen and oxygen atoms in total. The Bertz CT molecular complexity index is 419. The molecule has 0 unspecified atom stereocenters. The molecule has 18 heavy (non-hydrogen) atoms. The lowest BCUT2D eigenvalue weighted by Crippen LogP contribution is -2.24. The van der Waals surface area contributed by atoms with Crippen LogP contribution in [0.1, 0.15) is 26.3 Å². The number of aliphatic hydroxyl groups excluding tert-OH is 1. The van der Waals surface area contributed by atoms with Crippen LogP contribution in [0, 0.1) is 17.0 Å². The molecule has 0 spiro atoms. The SMILES string of the molecule is CC(C)(C)/C(CO)=N\OCc1cc(F)cc(F)c1. The molecule has 0 radical (unpaired) electrons. The Kier molecular flexibility index (Phi) is 4.78. The highest BCUT2D eigenvalue weighted by Gasteiger charge is 2.18. The van der Waals surface area contributed by atoms with Crippen molar-refractivity contribution in [1.29, 1.82) is 0 Å². The standard InChI is InChI=1S/C13H17F2NO2/c1-13(2,3)12(7-17)16-18-8-9-4-10(14)6-11(15)5-9/h4-6,17H,7-8H2,1-3H3/b16-12-. The molecular weight excluding hydrogens is 240 g/mol. The summed E-state index contributed by atoms with van der Waals surface area (Å²) in [7, 11) is 0. The van der Waals surface area contributed by atoms with E-state index in [1.807, 2.05) is 20.8 Å². The van der Waals surface area contributed by atoms with Gasteiger partial charge in [0.2, 0.25) is 0 Å². The van der Waals surface area contributed by atoms with Crippen LogP contribution in [0.15, 0.2) is 23.4 Å². The molecule has 0 amide bonds. The highest BCUT2D eigenvalue weighted by Crippen LogP contribution is 2.16. The topological polar surface area (TPSA) is 41.8 Å². The van der Waals surface area contributed by atoms with Gasteiger partial charge in [0.05, 0.1) is 12.3 Å². The summed E-state index contributed by atoms with van der Waals surface area (Å²) in [4.78, 5) is 5.00. The lowest BCUT2D eigenvalue weighted by Gasteiger charge is -2.18. The van der Waals surface area contributed by atoms with Gasteiger partial charge in [-0.2, -0.15) is 0 Å². The molecule has 0 saturated carbocycles. The first-order valence-corrected chi connectivity index (χ1v) is 5.58. The Labute approximate surface area is 105 Å². The Morgan fingerprint density at radius 3 is 2.22 bits per heavy atom. The average Bonchev–Trinajstić information content (AvgIpc) is 2.21. The number of rotatable bonds is 4. The van der Waals surface area contributed by atoms with Gasteiger partial charge in [-0.15, -0.1) is 0 Å². The second-order valence-electron chi connectivity index (χ2n) is 5.00. The summed E-state index contributed by atoms with van der Waals surface area (Å²) in [5, 5.41) is 12.9. The lowest BCUT2D eigenvalue weighted by molar-refractivity contribution is 0.124. The zero-order valence-electron chi connectivity index (χ0n) is 10.7. The molecular formula is C13H17F2NO2. The monoisotopic (exact) mass is 257 g/mol. The fourth-order valence-electron chi connectivity index (χ4n) is 1.28. The molecule has 0 aliphatic carbocycles. The van der Waals surface area contributed by atoms with Gasteiger partial charge in [0, 0.05) is 11.5 Å². The molecule has 0 bridgehead atoms. The average molecular weight is 257 g/mol. The van der Waals surface area contributed by atoms with Crippen LogP contribution in [-0.2, 0) is 11.4 Å². The summed E-state index contributed by atoms with van der Waals surface area (Å²) in [5.41, 5.74) is 0.504. The largest absolute Gasteiger partial charge is 0.391 e. The van der Waals surface area contributed by atoms with E-state index in [0.29, 0.717) is 11.3 Å². The van der Waals surface area contributed by atoms with Gasteiger partial charge >= 0.3 is 0 Å². The van der Waals surface area contributed by atoms with Crippen LogP contribution < -0.4 is 0 Å². The van der Waals surface area contributed by atoms with Gasteiger partial charge in [0.25, 0.3) is 0 Å². The summed E-state index contributed by atoms with van der Waals surface area (Å²) in [6.07, 6.45) is 0. The fraction of sp³-hybridized carbons (Fsp3) is 0.462. The second-order valence-corrected chi connectivity index (χ2v) is 5.00. The van der Waals surface area contributed by atoms with Crippen LogP contribution in [0.2, 0.25) is 0 Å². The number of hydrogen-bond donors (Lipinski definition) is 1. The van der Waals surface area contributed by atoms with Crippen LogP contribution in [0.25, 0.3) is 0 Å². The molecule has 0 aromatic heterocycles. The van der Waals surface area contributed by atoms with Gasteiger partial charge in [-0.3, -0.25) is 0 Å². The van der Waals surface area contributed by atoms with E-state index in [4.69, 9.17) is 9.94 Å². The zero-order chi connectivity index (χ0) is 13.8. The first kappa shape index (κ1) is 14.6. The van der Waals surface area contributed by atoms with E-state index in [2.05, 4.69) is 5.16 Å². The summed E-state index contributed by atoms with van der Waals surface area (Å²) < 4.78 is 25.8. The van der Waals surface area contributed by atoms with Gasteiger partial charge in [-0.05, 0) is 17.7 Å². The minimum Gasteiger partial charge on any atom is -0.391 e. The number of hydrogen-bond acceptors (Lipinski definition) is 3. The third-order valence-electron chi connectivity index (χ3n) is 2.34. The van der Waals surface area contributed by atoms with Crippen molar-refractivity contribution in [3.8, 4) is 0 Å². The third kappa shape index (κ3) is 4.41. The van der Waals surface area contributed by atoms with Crippen LogP contribution in [0.4, 0.5) is 8.78 Å². The minimum absolute atomic E-state index is 0.0474. The molecule has 0 saturated heterocycles. The maximum Gasteiger partial charge on any atom is 0.142 e. The van der Waals surface area contributed by atoms with Gasteiger partial charge in [0.15, 0.2) is 0 Å². The smallest absolute Gasteiger partial charge is 0.142 e. The van der Waals surface area contributed by atoms with Crippen LogP contribution >= 0.6 is 0 Å². The van der Waals surface area contributed by atoms with Gasteiger partial charge in [-0.25, -0.2) is 8.78 Å². The van der Waals surface area contributed by atoms with Gasteiger partial charge < -0.3 is 9.94 Å². The maximum atomic E-state index is 12.9. The molecule has 1 N–H and O–H groups in total. The molecule has 1 aromatic carbocycles. The van der Waals surface area contributed by atoms with E-state index >= 15 is 0 Å². The van der Waals surface area contributed by atoms with Crippen molar-refractivity contribution in [3.05, 3.63) is 35.4 Å². The molecule has 0 heterocycles. The quantitative estimate of drug-likeness (QED) is 0.665. The molecule has 0 aliphatic heterocycles. The van der Waals surface area contributed by atoms with E-state index in [1.54, 1.807) is 0 Å². The molecule has 0 fully saturated rings. The van der Waals surface area contributed by atoms with Crippen molar-refractivity contribution in [2.45, 2.75) is 27.4 Å². The third-order valence-corrected chi connectivity index (χ3v) is 2.34. The summed E-state index contributed by atoms with van der Waals surface area (Å²) >= 11 is 0. The first-order chi connectivity index (χ1) is 8.32. The minimum atomic E-state index is -0.657. The predicted molar refractivity (Wildman–Crippen MR) is 65.1 cm³/mol. The van der Waals surface area contributed by atoms with Crippen LogP contribution in [0.3, 0.4) is 0 Å². The van der Waals surface area contributed by atoms with Crippen molar-refractivity contribution in [1.82, 2.24) is 0 Å². The fourth-order valence-corrected chi connectivity index (χ4v) is 1.28.